The number of ether oxygens (including phenoxy) is 1. The van der Waals surface area contributed by atoms with Crippen molar-refractivity contribution < 1.29 is 9.13 Å². The standard InChI is InChI=1S/C12H17FO/c1-4-6-10-11(13)7-5-8-12(10)14-9(2)3/h5,7-9H,4,6H2,1-3H3. The summed E-state index contributed by atoms with van der Waals surface area (Å²) in [5, 5.41) is 0. The predicted octanol–water partition coefficient (Wildman–Crippen LogP) is 3.57. The van der Waals surface area contributed by atoms with Crippen LogP contribution in [0.1, 0.15) is 32.8 Å². The Morgan fingerprint density at radius 2 is 2.07 bits per heavy atom. The van der Waals surface area contributed by atoms with Crippen molar-refractivity contribution in [2.75, 3.05) is 0 Å². The Labute approximate surface area is 84.9 Å². The summed E-state index contributed by atoms with van der Waals surface area (Å²) in [5.74, 6) is 0.520. The molecule has 0 radical (unpaired) electrons. The third-order valence-electron chi connectivity index (χ3n) is 1.94. The van der Waals surface area contributed by atoms with Gasteiger partial charge in [0, 0.05) is 5.56 Å². The minimum Gasteiger partial charge on any atom is -0.491 e. The molecule has 0 saturated carbocycles. The molecule has 0 aliphatic rings. The topological polar surface area (TPSA) is 9.23 Å². The molecule has 1 aromatic carbocycles. The second kappa shape index (κ2) is 4.99. The molecule has 0 spiro atoms. The molecule has 0 saturated heterocycles. The molecule has 0 heterocycles. The zero-order valence-corrected chi connectivity index (χ0v) is 9.01. The van der Waals surface area contributed by atoms with Crippen molar-refractivity contribution in [1.82, 2.24) is 0 Å². The van der Waals surface area contributed by atoms with Gasteiger partial charge in [-0.2, -0.15) is 0 Å². The highest BCUT2D eigenvalue weighted by Crippen LogP contribution is 2.23. The summed E-state index contributed by atoms with van der Waals surface area (Å²) >= 11 is 0. The van der Waals surface area contributed by atoms with E-state index in [-0.39, 0.29) is 11.9 Å². The minimum atomic E-state index is -0.162. The molecule has 0 aromatic heterocycles. The summed E-state index contributed by atoms with van der Waals surface area (Å²) in [7, 11) is 0. The first-order valence-corrected chi connectivity index (χ1v) is 5.09. The van der Waals surface area contributed by atoms with E-state index in [1.807, 2.05) is 26.8 Å². The second-order valence-corrected chi connectivity index (χ2v) is 3.63. The van der Waals surface area contributed by atoms with E-state index in [1.165, 1.54) is 6.07 Å². The van der Waals surface area contributed by atoms with E-state index in [0.29, 0.717) is 11.3 Å². The summed E-state index contributed by atoms with van der Waals surface area (Å²) < 4.78 is 18.9. The molecule has 0 aliphatic carbocycles. The van der Waals surface area contributed by atoms with Crippen LogP contribution in [0, 0.1) is 5.82 Å². The first kappa shape index (κ1) is 11.0. The summed E-state index contributed by atoms with van der Waals surface area (Å²) in [6.07, 6.45) is 1.75. The first-order chi connectivity index (χ1) is 6.65. The maximum atomic E-state index is 13.4. The second-order valence-electron chi connectivity index (χ2n) is 3.63. The SMILES string of the molecule is CCCc1c(F)cccc1OC(C)C. The Bertz CT molecular complexity index is 294. The van der Waals surface area contributed by atoms with Crippen molar-refractivity contribution in [3.63, 3.8) is 0 Å². The monoisotopic (exact) mass is 196 g/mol. The molecule has 14 heavy (non-hydrogen) atoms. The van der Waals surface area contributed by atoms with Crippen molar-refractivity contribution in [1.29, 1.82) is 0 Å². The van der Waals surface area contributed by atoms with E-state index >= 15 is 0 Å². The van der Waals surface area contributed by atoms with Crippen LogP contribution in [0.2, 0.25) is 0 Å². The van der Waals surface area contributed by atoms with Gasteiger partial charge in [0.25, 0.3) is 0 Å². The maximum Gasteiger partial charge on any atom is 0.130 e. The van der Waals surface area contributed by atoms with Crippen LogP contribution in [0.4, 0.5) is 4.39 Å². The van der Waals surface area contributed by atoms with Crippen molar-refractivity contribution in [3.8, 4) is 5.75 Å². The lowest BCUT2D eigenvalue weighted by Crippen LogP contribution is -2.08. The number of benzene rings is 1. The van der Waals surface area contributed by atoms with Crippen molar-refractivity contribution in [2.24, 2.45) is 0 Å². The predicted molar refractivity (Wildman–Crippen MR) is 56.2 cm³/mol. The lowest BCUT2D eigenvalue weighted by Gasteiger charge is -2.14. The number of hydrogen-bond acceptors (Lipinski definition) is 1. The van der Waals surface area contributed by atoms with Gasteiger partial charge >= 0.3 is 0 Å². The Morgan fingerprint density at radius 1 is 1.36 bits per heavy atom. The quantitative estimate of drug-likeness (QED) is 0.715. The Morgan fingerprint density at radius 3 is 2.64 bits per heavy atom. The molecular weight excluding hydrogens is 179 g/mol. The van der Waals surface area contributed by atoms with Gasteiger partial charge in [0.15, 0.2) is 0 Å². The van der Waals surface area contributed by atoms with Crippen LogP contribution in [0.15, 0.2) is 18.2 Å². The van der Waals surface area contributed by atoms with Crippen molar-refractivity contribution in [3.05, 3.63) is 29.6 Å². The lowest BCUT2D eigenvalue weighted by atomic mass is 10.1. The van der Waals surface area contributed by atoms with Crippen LogP contribution in [-0.4, -0.2) is 6.10 Å². The summed E-state index contributed by atoms with van der Waals surface area (Å²) in [4.78, 5) is 0. The summed E-state index contributed by atoms with van der Waals surface area (Å²) in [6.45, 7) is 5.92. The van der Waals surface area contributed by atoms with Crippen LogP contribution < -0.4 is 4.74 Å². The van der Waals surface area contributed by atoms with Crippen LogP contribution in [0.25, 0.3) is 0 Å². The number of rotatable bonds is 4. The van der Waals surface area contributed by atoms with Crippen LogP contribution >= 0.6 is 0 Å². The molecule has 0 amide bonds. The summed E-state index contributed by atoms with van der Waals surface area (Å²) in [5.41, 5.74) is 0.698. The van der Waals surface area contributed by atoms with E-state index < -0.39 is 0 Å². The first-order valence-electron chi connectivity index (χ1n) is 5.09. The van der Waals surface area contributed by atoms with Gasteiger partial charge in [-0.3, -0.25) is 0 Å². The number of hydrogen-bond donors (Lipinski definition) is 0. The Hall–Kier alpha value is -1.05. The molecule has 78 valence electrons. The van der Waals surface area contributed by atoms with Gasteiger partial charge in [0.1, 0.15) is 11.6 Å². The molecule has 0 fully saturated rings. The zero-order chi connectivity index (χ0) is 10.6. The minimum absolute atomic E-state index is 0.0902. The van der Waals surface area contributed by atoms with Gasteiger partial charge in [-0.05, 0) is 32.4 Å². The van der Waals surface area contributed by atoms with Crippen LogP contribution in [0.3, 0.4) is 0 Å². The average molecular weight is 196 g/mol. The van der Waals surface area contributed by atoms with E-state index in [1.54, 1.807) is 6.07 Å². The highest BCUT2D eigenvalue weighted by atomic mass is 19.1. The fourth-order valence-corrected chi connectivity index (χ4v) is 1.40. The van der Waals surface area contributed by atoms with Gasteiger partial charge in [0.2, 0.25) is 0 Å². The van der Waals surface area contributed by atoms with Gasteiger partial charge in [-0.1, -0.05) is 19.4 Å². The van der Waals surface area contributed by atoms with Crippen molar-refractivity contribution in [2.45, 2.75) is 39.7 Å². The Kier molecular flexibility index (Phi) is 3.93. The van der Waals surface area contributed by atoms with Gasteiger partial charge in [-0.25, -0.2) is 4.39 Å². The fourth-order valence-electron chi connectivity index (χ4n) is 1.40. The molecule has 0 bridgehead atoms. The van der Waals surface area contributed by atoms with E-state index in [4.69, 9.17) is 4.74 Å². The number of halogens is 1. The van der Waals surface area contributed by atoms with Crippen LogP contribution in [0.5, 0.6) is 5.75 Å². The maximum absolute atomic E-state index is 13.4. The normalized spacial score (nSPS) is 10.6. The van der Waals surface area contributed by atoms with E-state index in [0.717, 1.165) is 12.8 Å². The molecule has 1 rings (SSSR count). The van der Waals surface area contributed by atoms with E-state index in [2.05, 4.69) is 0 Å². The Balaban J connectivity index is 2.95. The fraction of sp³-hybridized carbons (Fsp3) is 0.500. The highest BCUT2D eigenvalue weighted by Gasteiger charge is 2.09. The highest BCUT2D eigenvalue weighted by molar-refractivity contribution is 5.34. The van der Waals surface area contributed by atoms with E-state index in [9.17, 15) is 4.39 Å². The van der Waals surface area contributed by atoms with Gasteiger partial charge < -0.3 is 4.74 Å². The third kappa shape index (κ3) is 2.72. The van der Waals surface area contributed by atoms with Gasteiger partial charge in [0.05, 0.1) is 6.10 Å². The average Bonchev–Trinajstić information content (AvgIpc) is 2.10. The lowest BCUT2D eigenvalue weighted by molar-refractivity contribution is 0.238. The molecular formula is C12H17FO. The van der Waals surface area contributed by atoms with Crippen LogP contribution in [-0.2, 0) is 6.42 Å². The largest absolute Gasteiger partial charge is 0.491 e. The van der Waals surface area contributed by atoms with Gasteiger partial charge in [-0.15, -0.1) is 0 Å². The summed E-state index contributed by atoms with van der Waals surface area (Å²) in [6, 6.07) is 5.00. The molecule has 0 aliphatic heterocycles. The molecule has 0 unspecified atom stereocenters. The molecule has 2 heteroatoms. The van der Waals surface area contributed by atoms with Crippen molar-refractivity contribution >= 4 is 0 Å². The molecule has 0 atom stereocenters. The molecule has 0 N–H and O–H groups in total. The smallest absolute Gasteiger partial charge is 0.130 e. The molecule has 1 nitrogen and oxygen atoms in total. The zero-order valence-electron chi connectivity index (χ0n) is 9.01. The third-order valence-corrected chi connectivity index (χ3v) is 1.94. The molecule has 1 aromatic rings.